The molecule has 0 radical (unpaired) electrons. The van der Waals surface area contributed by atoms with E-state index >= 15 is 0 Å². The number of carbonyl (C=O) groups is 1. The minimum Gasteiger partial charge on any atom is -0.350 e. The molecule has 0 unspecified atom stereocenters. The Morgan fingerprint density at radius 3 is 2.32 bits per heavy atom. The zero-order chi connectivity index (χ0) is 20.0. The normalized spacial score (nSPS) is 11.1. The van der Waals surface area contributed by atoms with E-state index in [2.05, 4.69) is 47.4 Å². The van der Waals surface area contributed by atoms with Crippen LogP contribution in [0.2, 0.25) is 0 Å². The molecule has 0 aliphatic rings. The van der Waals surface area contributed by atoms with Crippen molar-refractivity contribution >= 4 is 17.4 Å². The molecule has 2 N–H and O–H groups in total. The monoisotopic (exact) mass is 374 g/mol. The summed E-state index contributed by atoms with van der Waals surface area (Å²) >= 11 is 0. The van der Waals surface area contributed by atoms with Gasteiger partial charge >= 0.3 is 0 Å². The fraction of sp³-hybridized carbons (Fsp3) is 0.261. The number of nitrogens with zero attached hydrogens (tertiary/aromatic N) is 2. The van der Waals surface area contributed by atoms with Crippen LogP contribution in [0, 0.1) is 0 Å². The average Bonchev–Trinajstić information content (AvgIpc) is 2.69. The topological polar surface area (TPSA) is 66.9 Å². The van der Waals surface area contributed by atoms with E-state index in [0.717, 1.165) is 12.1 Å². The van der Waals surface area contributed by atoms with Crippen molar-refractivity contribution < 1.29 is 4.79 Å². The standard InChI is InChI=1S/C23H26N4O/c1-23(2,3)18-11-7-8-12-19(18)27-21-16-25-20(15-26-21)22(28)24-14-13-17-9-5-4-6-10-17/h4-12,15-16H,13-14H2,1-3H3,(H,24,28)(H,26,27). The number of amides is 1. The van der Waals surface area contributed by atoms with Crippen LogP contribution in [0.5, 0.6) is 0 Å². The SMILES string of the molecule is CC(C)(C)c1ccccc1Nc1cnc(C(=O)NCCc2ccccc2)cn1. The van der Waals surface area contributed by atoms with E-state index in [4.69, 9.17) is 0 Å². The van der Waals surface area contributed by atoms with Crippen LogP contribution in [0.15, 0.2) is 67.0 Å². The number of hydrogen-bond acceptors (Lipinski definition) is 4. The molecule has 0 fully saturated rings. The highest BCUT2D eigenvalue weighted by atomic mass is 16.1. The molecular weight excluding hydrogens is 348 g/mol. The van der Waals surface area contributed by atoms with Gasteiger partial charge in [0.2, 0.25) is 0 Å². The summed E-state index contributed by atoms with van der Waals surface area (Å²) in [5.74, 6) is 0.391. The third-order valence-corrected chi connectivity index (χ3v) is 4.42. The van der Waals surface area contributed by atoms with Crippen LogP contribution in [0.3, 0.4) is 0 Å². The van der Waals surface area contributed by atoms with Crippen LogP contribution in [0.4, 0.5) is 11.5 Å². The molecular formula is C23H26N4O. The van der Waals surface area contributed by atoms with Crippen molar-refractivity contribution in [2.45, 2.75) is 32.6 Å². The highest BCUT2D eigenvalue weighted by Crippen LogP contribution is 2.30. The van der Waals surface area contributed by atoms with E-state index < -0.39 is 0 Å². The number of carbonyl (C=O) groups excluding carboxylic acids is 1. The molecule has 1 amide bonds. The first-order chi connectivity index (χ1) is 13.4. The predicted octanol–water partition coefficient (Wildman–Crippen LogP) is 4.49. The maximum absolute atomic E-state index is 12.3. The van der Waals surface area contributed by atoms with Gasteiger partial charge in [-0.3, -0.25) is 4.79 Å². The van der Waals surface area contributed by atoms with Crippen molar-refractivity contribution in [3.05, 3.63) is 83.8 Å². The average molecular weight is 374 g/mol. The van der Waals surface area contributed by atoms with Gasteiger partial charge in [0.05, 0.1) is 12.4 Å². The Morgan fingerprint density at radius 2 is 1.64 bits per heavy atom. The third kappa shape index (κ3) is 5.16. The quantitative estimate of drug-likeness (QED) is 0.667. The molecule has 5 nitrogen and oxygen atoms in total. The first-order valence-electron chi connectivity index (χ1n) is 9.44. The van der Waals surface area contributed by atoms with Gasteiger partial charge in [0.15, 0.2) is 0 Å². The summed E-state index contributed by atoms with van der Waals surface area (Å²) in [6, 6.07) is 18.2. The summed E-state index contributed by atoms with van der Waals surface area (Å²) in [5, 5.41) is 6.19. The fourth-order valence-corrected chi connectivity index (χ4v) is 2.95. The van der Waals surface area contributed by atoms with Crippen LogP contribution < -0.4 is 10.6 Å². The van der Waals surface area contributed by atoms with Crippen molar-refractivity contribution in [1.29, 1.82) is 0 Å². The number of nitrogens with one attached hydrogen (secondary N) is 2. The van der Waals surface area contributed by atoms with Crippen molar-refractivity contribution in [2.24, 2.45) is 0 Å². The second-order valence-corrected chi connectivity index (χ2v) is 7.70. The van der Waals surface area contributed by atoms with Crippen molar-refractivity contribution in [1.82, 2.24) is 15.3 Å². The zero-order valence-corrected chi connectivity index (χ0v) is 16.6. The molecule has 0 spiro atoms. The summed E-state index contributed by atoms with van der Waals surface area (Å²) in [7, 11) is 0. The van der Waals surface area contributed by atoms with Crippen molar-refractivity contribution in [3.63, 3.8) is 0 Å². The first kappa shape index (κ1) is 19.5. The van der Waals surface area contributed by atoms with Gasteiger partial charge < -0.3 is 10.6 Å². The van der Waals surface area contributed by atoms with Gasteiger partial charge in [-0.1, -0.05) is 69.3 Å². The number of anilines is 2. The van der Waals surface area contributed by atoms with Gasteiger partial charge in [-0.2, -0.15) is 0 Å². The number of para-hydroxylation sites is 1. The van der Waals surface area contributed by atoms with Crippen molar-refractivity contribution in [3.8, 4) is 0 Å². The minimum absolute atomic E-state index is 0.00953. The molecule has 3 rings (SSSR count). The maximum atomic E-state index is 12.3. The summed E-state index contributed by atoms with van der Waals surface area (Å²) in [4.78, 5) is 20.9. The molecule has 0 aliphatic heterocycles. The predicted molar refractivity (Wildman–Crippen MR) is 113 cm³/mol. The lowest BCUT2D eigenvalue weighted by molar-refractivity contribution is 0.0949. The van der Waals surface area contributed by atoms with Crippen LogP contribution >= 0.6 is 0 Å². The van der Waals surface area contributed by atoms with Crippen LogP contribution in [0.1, 0.15) is 42.4 Å². The lowest BCUT2D eigenvalue weighted by atomic mass is 9.86. The van der Waals surface area contributed by atoms with Gasteiger partial charge in [-0.15, -0.1) is 0 Å². The van der Waals surface area contributed by atoms with E-state index in [9.17, 15) is 4.79 Å². The molecule has 0 atom stereocenters. The van der Waals surface area contributed by atoms with E-state index in [-0.39, 0.29) is 11.3 Å². The lowest BCUT2D eigenvalue weighted by Crippen LogP contribution is -2.26. The smallest absolute Gasteiger partial charge is 0.271 e. The van der Waals surface area contributed by atoms with Gasteiger partial charge in [-0.05, 0) is 29.0 Å². The molecule has 0 saturated heterocycles. The first-order valence-corrected chi connectivity index (χ1v) is 9.44. The largest absolute Gasteiger partial charge is 0.350 e. The van der Waals surface area contributed by atoms with E-state index in [0.29, 0.717) is 18.1 Å². The van der Waals surface area contributed by atoms with Crippen LogP contribution in [-0.4, -0.2) is 22.4 Å². The van der Waals surface area contributed by atoms with Gasteiger partial charge in [0.25, 0.3) is 5.91 Å². The van der Waals surface area contributed by atoms with Gasteiger partial charge in [0.1, 0.15) is 11.5 Å². The van der Waals surface area contributed by atoms with Crippen molar-refractivity contribution in [2.75, 3.05) is 11.9 Å². The molecule has 28 heavy (non-hydrogen) atoms. The second kappa shape index (κ2) is 8.65. The Balaban J connectivity index is 1.60. The molecule has 1 heterocycles. The van der Waals surface area contributed by atoms with E-state index in [1.165, 1.54) is 17.3 Å². The molecule has 3 aromatic rings. The number of benzene rings is 2. The summed E-state index contributed by atoms with van der Waals surface area (Å²) in [6.45, 7) is 7.07. The Hall–Kier alpha value is -3.21. The van der Waals surface area contributed by atoms with Gasteiger partial charge in [0, 0.05) is 12.2 Å². The van der Waals surface area contributed by atoms with Crippen LogP contribution in [-0.2, 0) is 11.8 Å². The summed E-state index contributed by atoms with van der Waals surface area (Å²) < 4.78 is 0. The Morgan fingerprint density at radius 1 is 0.929 bits per heavy atom. The van der Waals surface area contributed by atoms with Crippen LogP contribution in [0.25, 0.3) is 0 Å². The molecule has 5 heteroatoms. The fourth-order valence-electron chi connectivity index (χ4n) is 2.95. The molecule has 0 saturated carbocycles. The minimum atomic E-state index is -0.218. The molecule has 0 bridgehead atoms. The highest BCUT2D eigenvalue weighted by Gasteiger charge is 2.17. The third-order valence-electron chi connectivity index (χ3n) is 4.42. The lowest BCUT2D eigenvalue weighted by Gasteiger charge is -2.23. The van der Waals surface area contributed by atoms with E-state index in [1.807, 2.05) is 48.5 Å². The van der Waals surface area contributed by atoms with Gasteiger partial charge in [-0.25, -0.2) is 9.97 Å². The Labute approximate surface area is 166 Å². The summed E-state index contributed by atoms with van der Waals surface area (Å²) in [6.07, 6.45) is 3.87. The van der Waals surface area contributed by atoms with E-state index in [1.54, 1.807) is 6.20 Å². The Bertz CT molecular complexity index is 915. The number of hydrogen-bond donors (Lipinski definition) is 2. The number of aromatic nitrogens is 2. The number of rotatable bonds is 6. The molecule has 0 aliphatic carbocycles. The molecule has 2 aromatic carbocycles. The maximum Gasteiger partial charge on any atom is 0.271 e. The highest BCUT2D eigenvalue weighted by molar-refractivity contribution is 5.92. The molecule has 144 valence electrons. The summed E-state index contributed by atoms with van der Waals surface area (Å²) in [5.41, 5.74) is 3.69. The zero-order valence-electron chi connectivity index (χ0n) is 16.6. The Kier molecular flexibility index (Phi) is 6.04. The second-order valence-electron chi connectivity index (χ2n) is 7.70. The molecule has 1 aromatic heterocycles.